The molecular weight excluding hydrogens is 295 g/mol. The molecule has 3 rings (SSSR count). The smallest absolute Gasteiger partial charge is 0.312 e. The maximum atomic E-state index is 13.5. The number of carbonyl (C=O) groups is 1. The van der Waals surface area contributed by atoms with Gasteiger partial charge in [0.2, 0.25) is 0 Å². The number of nitrogens with zero attached hydrogens (tertiary/aromatic N) is 2. The number of rotatable bonds is 3. The fourth-order valence-corrected chi connectivity index (χ4v) is 2.70. The second-order valence-corrected chi connectivity index (χ2v) is 5.39. The molecule has 1 atom stereocenters. The Kier molecular flexibility index (Phi) is 4.19. The van der Waals surface area contributed by atoms with E-state index in [2.05, 4.69) is 9.97 Å². The maximum Gasteiger partial charge on any atom is 0.312 e. The average molecular weight is 312 g/mol. The second kappa shape index (κ2) is 6.28. The first kappa shape index (κ1) is 15.3. The van der Waals surface area contributed by atoms with Crippen LogP contribution in [0.5, 0.6) is 0 Å². The van der Waals surface area contributed by atoms with Crippen molar-refractivity contribution in [3.05, 3.63) is 46.5 Å². The molecule has 2 aromatic rings. The third-order valence-electron chi connectivity index (χ3n) is 3.88. The number of carbonyl (C=O) groups excluding carboxylic acids is 1. The van der Waals surface area contributed by atoms with Crippen molar-refractivity contribution in [1.29, 1.82) is 0 Å². The van der Waals surface area contributed by atoms with Crippen LogP contribution in [0.15, 0.2) is 24.3 Å². The van der Waals surface area contributed by atoms with Gasteiger partial charge in [0.15, 0.2) is 0 Å². The van der Waals surface area contributed by atoms with Gasteiger partial charge in [-0.2, -0.15) is 0 Å². The Bertz CT molecular complexity index is 877. The highest BCUT2D eigenvalue weighted by Gasteiger charge is 2.19. The lowest BCUT2D eigenvalue weighted by Gasteiger charge is -2.13. The quantitative estimate of drug-likeness (QED) is 0.808. The third kappa shape index (κ3) is 2.99. The molecule has 118 valence electrons. The molecule has 0 N–H and O–H groups in total. The molecule has 1 aliphatic carbocycles. The van der Waals surface area contributed by atoms with Gasteiger partial charge in [0, 0.05) is 5.56 Å². The predicted molar refractivity (Wildman–Crippen MR) is 85.1 cm³/mol. The molecule has 1 unspecified atom stereocenters. The normalized spacial score (nSPS) is 16.0. The first-order valence-corrected chi connectivity index (χ1v) is 7.55. The number of hydrogen-bond acceptors (Lipinski definition) is 4. The fraction of sp³-hybridized carbons (Fsp3) is 0.278. The van der Waals surface area contributed by atoms with Crippen molar-refractivity contribution in [2.45, 2.75) is 19.8 Å². The second-order valence-electron chi connectivity index (χ2n) is 5.39. The molecule has 0 amide bonds. The van der Waals surface area contributed by atoms with Crippen LogP contribution in [0.1, 0.15) is 19.0 Å². The summed E-state index contributed by atoms with van der Waals surface area (Å²) in [5.41, 5.74) is 2.18. The van der Waals surface area contributed by atoms with E-state index in [0.717, 1.165) is 11.0 Å². The Labute approximate surface area is 133 Å². The average Bonchev–Trinajstić information content (AvgIpc) is 2.59. The van der Waals surface area contributed by atoms with Gasteiger partial charge in [0.25, 0.3) is 0 Å². The number of aryl methyl sites for hydroxylation is 1. The minimum Gasteiger partial charge on any atom is -0.469 e. The molecule has 0 radical (unpaired) electrons. The summed E-state index contributed by atoms with van der Waals surface area (Å²) < 4.78 is 18.3. The highest BCUT2D eigenvalue weighted by Crippen LogP contribution is 2.20. The number of methoxy groups -OCH3 is 1. The number of halogens is 1. The van der Waals surface area contributed by atoms with Crippen LogP contribution >= 0.6 is 0 Å². The Morgan fingerprint density at radius 2 is 2.17 bits per heavy atom. The van der Waals surface area contributed by atoms with E-state index in [1.54, 1.807) is 12.1 Å². The van der Waals surface area contributed by atoms with Crippen molar-refractivity contribution in [3.63, 3.8) is 0 Å². The van der Waals surface area contributed by atoms with E-state index in [0.29, 0.717) is 29.4 Å². The Morgan fingerprint density at radius 3 is 2.87 bits per heavy atom. The van der Waals surface area contributed by atoms with Gasteiger partial charge in [-0.05, 0) is 31.1 Å². The van der Waals surface area contributed by atoms with Crippen molar-refractivity contribution in [2.75, 3.05) is 7.11 Å². The molecule has 1 aromatic heterocycles. The van der Waals surface area contributed by atoms with E-state index in [4.69, 9.17) is 4.74 Å². The molecule has 0 saturated heterocycles. The van der Waals surface area contributed by atoms with Gasteiger partial charge in [-0.3, -0.25) is 4.79 Å². The van der Waals surface area contributed by atoms with Crippen molar-refractivity contribution < 1.29 is 13.9 Å². The third-order valence-corrected chi connectivity index (χ3v) is 3.88. The predicted octanol–water partition coefficient (Wildman–Crippen LogP) is 1.60. The number of aromatic nitrogens is 2. The van der Waals surface area contributed by atoms with Gasteiger partial charge in [-0.25, -0.2) is 14.4 Å². The molecule has 0 saturated carbocycles. The number of esters is 1. The molecule has 0 aliphatic heterocycles. The first-order chi connectivity index (χ1) is 11.1. The highest BCUT2D eigenvalue weighted by atomic mass is 19.1. The maximum absolute atomic E-state index is 13.5. The lowest BCUT2D eigenvalue weighted by atomic mass is 10.0. The van der Waals surface area contributed by atoms with Gasteiger partial charge < -0.3 is 4.74 Å². The van der Waals surface area contributed by atoms with E-state index in [9.17, 15) is 9.18 Å². The molecule has 23 heavy (non-hydrogen) atoms. The fourth-order valence-electron chi connectivity index (χ4n) is 2.70. The van der Waals surface area contributed by atoms with Crippen molar-refractivity contribution >= 4 is 18.1 Å². The number of hydrogen-bond donors (Lipinski definition) is 0. The zero-order valence-electron chi connectivity index (χ0n) is 13.0. The van der Waals surface area contributed by atoms with Crippen LogP contribution in [0.25, 0.3) is 23.4 Å². The summed E-state index contributed by atoms with van der Waals surface area (Å²) >= 11 is 0. The van der Waals surface area contributed by atoms with E-state index in [1.807, 2.05) is 19.1 Å². The van der Waals surface area contributed by atoms with Crippen LogP contribution in [0, 0.1) is 11.7 Å². The SMILES string of the molecule is CCc1nc2c(nc1-c1cccc(F)c1)=CCC(C(=O)OC)C=2. The van der Waals surface area contributed by atoms with Crippen LogP contribution in [0.3, 0.4) is 0 Å². The molecule has 1 aromatic carbocycles. The molecule has 0 spiro atoms. The number of ether oxygens (including phenoxy) is 1. The summed E-state index contributed by atoms with van der Waals surface area (Å²) in [6.45, 7) is 1.98. The van der Waals surface area contributed by atoms with Gasteiger partial charge in [0.05, 0.1) is 35.1 Å². The van der Waals surface area contributed by atoms with Crippen LogP contribution in [-0.2, 0) is 16.0 Å². The first-order valence-electron chi connectivity index (χ1n) is 7.55. The van der Waals surface area contributed by atoms with Crippen molar-refractivity contribution in [2.24, 2.45) is 5.92 Å². The Hall–Kier alpha value is -2.56. The minimum atomic E-state index is -0.327. The van der Waals surface area contributed by atoms with E-state index in [1.165, 1.54) is 19.2 Å². The van der Waals surface area contributed by atoms with Crippen LogP contribution in [0.2, 0.25) is 0 Å². The molecule has 1 aliphatic rings. The van der Waals surface area contributed by atoms with Gasteiger partial charge in [-0.15, -0.1) is 0 Å². The molecule has 5 heteroatoms. The summed E-state index contributed by atoms with van der Waals surface area (Å²) in [5.74, 6) is -0.905. The van der Waals surface area contributed by atoms with E-state index in [-0.39, 0.29) is 17.7 Å². The lowest BCUT2D eigenvalue weighted by Crippen LogP contribution is -2.38. The zero-order chi connectivity index (χ0) is 16.4. The largest absolute Gasteiger partial charge is 0.469 e. The Morgan fingerprint density at radius 1 is 1.35 bits per heavy atom. The van der Waals surface area contributed by atoms with E-state index >= 15 is 0 Å². The monoisotopic (exact) mass is 312 g/mol. The van der Waals surface area contributed by atoms with Crippen LogP contribution in [0.4, 0.5) is 4.39 Å². The van der Waals surface area contributed by atoms with E-state index < -0.39 is 0 Å². The molecular formula is C18H17FN2O2. The standard InChI is InChI=1S/C18H17FN2O2/c1-3-14-17(11-5-4-6-13(19)9-11)21-15-8-7-12(18(22)23-2)10-16(15)20-14/h4-6,8-10,12H,3,7H2,1-2H3. The van der Waals surface area contributed by atoms with Crippen molar-refractivity contribution in [3.8, 4) is 11.3 Å². The zero-order valence-corrected chi connectivity index (χ0v) is 13.0. The molecule has 4 nitrogen and oxygen atoms in total. The topological polar surface area (TPSA) is 52.1 Å². The summed E-state index contributed by atoms with van der Waals surface area (Å²) in [6, 6.07) is 6.35. The highest BCUT2D eigenvalue weighted by molar-refractivity contribution is 5.80. The van der Waals surface area contributed by atoms with Crippen molar-refractivity contribution in [1.82, 2.24) is 9.97 Å². The summed E-state index contributed by atoms with van der Waals surface area (Å²) in [4.78, 5) is 21.0. The minimum absolute atomic E-state index is 0.277. The number of fused-ring (bicyclic) bond motifs is 1. The molecule has 0 fully saturated rings. The number of benzene rings is 1. The summed E-state index contributed by atoms with van der Waals surface area (Å²) in [7, 11) is 1.38. The van der Waals surface area contributed by atoms with Crippen LogP contribution in [-0.4, -0.2) is 23.0 Å². The van der Waals surface area contributed by atoms with Crippen LogP contribution < -0.4 is 10.7 Å². The lowest BCUT2D eigenvalue weighted by molar-refractivity contribution is -0.143. The molecule has 1 heterocycles. The summed E-state index contributed by atoms with van der Waals surface area (Å²) in [6.07, 6.45) is 4.88. The van der Waals surface area contributed by atoms with Gasteiger partial charge >= 0.3 is 5.97 Å². The summed E-state index contributed by atoms with van der Waals surface area (Å²) in [5, 5.41) is 1.41. The molecule has 0 bridgehead atoms. The Balaban J connectivity index is 2.15. The van der Waals surface area contributed by atoms with Gasteiger partial charge in [0.1, 0.15) is 5.82 Å². The van der Waals surface area contributed by atoms with Gasteiger partial charge in [-0.1, -0.05) is 25.1 Å².